The lowest BCUT2D eigenvalue weighted by Gasteiger charge is -2.28. The first-order valence-corrected chi connectivity index (χ1v) is 5.58. The lowest BCUT2D eigenvalue weighted by molar-refractivity contribution is 0.289. The number of alkyl halides is 1. The third-order valence-electron chi connectivity index (χ3n) is 2.59. The fraction of sp³-hybridized carbons (Fsp3) is 1.00. The second kappa shape index (κ2) is 3.93. The second-order valence-electron chi connectivity index (χ2n) is 3.77. The molecule has 0 aromatic carbocycles. The van der Waals surface area contributed by atoms with Gasteiger partial charge in [0, 0.05) is 3.92 Å². The van der Waals surface area contributed by atoms with Crippen molar-refractivity contribution >= 4 is 22.6 Å². The van der Waals surface area contributed by atoms with Gasteiger partial charge in [-0.25, -0.2) is 0 Å². The number of hydrogen-bond acceptors (Lipinski definition) is 0. The summed E-state index contributed by atoms with van der Waals surface area (Å²) in [6.07, 6.45) is 5.88. The highest BCUT2D eigenvalue weighted by atomic mass is 127. The first-order valence-electron chi connectivity index (χ1n) is 4.34. The average Bonchev–Trinajstić information content (AvgIpc) is 1.88. The minimum atomic E-state index is 0.914. The van der Waals surface area contributed by atoms with Crippen molar-refractivity contribution < 1.29 is 0 Å². The van der Waals surface area contributed by atoms with E-state index >= 15 is 0 Å². The summed E-state index contributed by atoms with van der Waals surface area (Å²) >= 11 is 2.61. The molecule has 1 saturated carbocycles. The highest BCUT2D eigenvalue weighted by molar-refractivity contribution is 14.1. The molecule has 0 amide bonds. The standard InChI is InChI=1S/C9H17I/c1-7(2)8-4-3-5-9(10)6-8/h7-9H,3-6H2,1-2H3/t8-,9+/m0/s1. The van der Waals surface area contributed by atoms with Crippen LogP contribution in [0, 0.1) is 11.8 Å². The summed E-state index contributed by atoms with van der Waals surface area (Å²) < 4.78 is 0.971. The zero-order valence-electron chi connectivity index (χ0n) is 6.94. The van der Waals surface area contributed by atoms with E-state index < -0.39 is 0 Å². The summed E-state index contributed by atoms with van der Waals surface area (Å²) in [6, 6.07) is 0. The summed E-state index contributed by atoms with van der Waals surface area (Å²) in [5.74, 6) is 1.94. The lowest BCUT2D eigenvalue weighted by Crippen LogP contribution is -2.19. The van der Waals surface area contributed by atoms with Gasteiger partial charge in [0.25, 0.3) is 0 Å². The Bertz CT molecular complexity index is 98.9. The van der Waals surface area contributed by atoms with Gasteiger partial charge in [-0.1, -0.05) is 49.3 Å². The molecule has 1 rings (SSSR count). The Kier molecular flexibility index (Phi) is 3.47. The first kappa shape index (κ1) is 8.82. The maximum absolute atomic E-state index is 2.61. The van der Waals surface area contributed by atoms with Crippen molar-refractivity contribution in [1.29, 1.82) is 0 Å². The van der Waals surface area contributed by atoms with Crippen LogP contribution in [0.15, 0.2) is 0 Å². The van der Waals surface area contributed by atoms with E-state index in [0.717, 1.165) is 15.8 Å². The number of hydrogen-bond donors (Lipinski definition) is 0. The van der Waals surface area contributed by atoms with Gasteiger partial charge in [-0.15, -0.1) is 0 Å². The number of halogens is 1. The first-order chi connectivity index (χ1) is 4.70. The van der Waals surface area contributed by atoms with E-state index in [2.05, 4.69) is 36.4 Å². The molecule has 0 aromatic heterocycles. The van der Waals surface area contributed by atoms with Gasteiger partial charge in [0.2, 0.25) is 0 Å². The number of rotatable bonds is 1. The topological polar surface area (TPSA) is 0 Å². The van der Waals surface area contributed by atoms with Gasteiger partial charge in [0.05, 0.1) is 0 Å². The molecule has 0 spiro atoms. The van der Waals surface area contributed by atoms with Crippen LogP contribution in [-0.2, 0) is 0 Å². The van der Waals surface area contributed by atoms with Crippen LogP contribution < -0.4 is 0 Å². The van der Waals surface area contributed by atoms with Crippen molar-refractivity contribution in [3.63, 3.8) is 0 Å². The molecule has 0 radical (unpaired) electrons. The summed E-state index contributed by atoms with van der Waals surface area (Å²) in [6.45, 7) is 4.72. The van der Waals surface area contributed by atoms with E-state index in [1.807, 2.05) is 0 Å². The highest BCUT2D eigenvalue weighted by Crippen LogP contribution is 2.33. The summed E-state index contributed by atoms with van der Waals surface area (Å²) in [5.41, 5.74) is 0. The fourth-order valence-corrected chi connectivity index (χ4v) is 2.86. The third-order valence-corrected chi connectivity index (χ3v) is 3.72. The Hall–Kier alpha value is 0.730. The Morgan fingerprint density at radius 3 is 2.40 bits per heavy atom. The second-order valence-corrected chi connectivity index (χ2v) is 5.53. The van der Waals surface area contributed by atoms with Crippen molar-refractivity contribution in [3.8, 4) is 0 Å². The molecule has 0 nitrogen and oxygen atoms in total. The van der Waals surface area contributed by atoms with Crippen LogP contribution in [0.5, 0.6) is 0 Å². The van der Waals surface area contributed by atoms with E-state index in [1.165, 1.54) is 25.7 Å². The summed E-state index contributed by atoms with van der Waals surface area (Å²) in [7, 11) is 0. The van der Waals surface area contributed by atoms with E-state index in [9.17, 15) is 0 Å². The maximum Gasteiger partial charge on any atom is 0.0112 e. The molecular weight excluding hydrogens is 235 g/mol. The molecule has 10 heavy (non-hydrogen) atoms. The van der Waals surface area contributed by atoms with Crippen molar-refractivity contribution in [3.05, 3.63) is 0 Å². The van der Waals surface area contributed by atoms with Crippen LogP contribution in [0.2, 0.25) is 0 Å². The molecule has 0 saturated heterocycles. The van der Waals surface area contributed by atoms with Crippen molar-refractivity contribution in [2.24, 2.45) is 11.8 Å². The average molecular weight is 252 g/mol. The Morgan fingerprint density at radius 2 is 2.00 bits per heavy atom. The van der Waals surface area contributed by atoms with E-state index in [-0.39, 0.29) is 0 Å². The molecule has 2 atom stereocenters. The Balaban J connectivity index is 2.32. The van der Waals surface area contributed by atoms with Crippen molar-refractivity contribution in [1.82, 2.24) is 0 Å². The van der Waals surface area contributed by atoms with Crippen molar-refractivity contribution in [2.45, 2.75) is 43.5 Å². The van der Waals surface area contributed by atoms with E-state index in [4.69, 9.17) is 0 Å². The zero-order valence-corrected chi connectivity index (χ0v) is 9.10. The zero-order chi connectivity index (χ0) is 7.56. The molecular formula is C9H17I. The smallest absolute Gasteiger partial charge is 0.0112 e. The predicted molar refractivity (Wildman–Crippen MR) is 54.6 cm³/mol. The van der Waals surface area contributed by atoms with Crippen LogP contribution in [0.25, 0.3) is 0 Å². The predicted octanol–water partition coefficient (Wildman–Crippen LogP) is 3.64. The van der Waals surface area contributed by atoms with Gasteiger partial charge in [0.1, 0.15) is 0 Å². The molecule has 1 heteroatoms. The normalized spacial score (nSPS) is 34.8. The van der Waals surface area contributed by atoms with Crippen LogP contribution in [0.1, 0.15) is 39.5 Å². The molecule has 0 aliphatic heterocycles. The van der Waals surface area contributed by atoms with Gasteiger partial charge >= 0.3 is 0 Å². The maximum atomic E-state index is 2.61. The van der Waals surface area contributed by atoms with Gasteiger partial charge in [-0.3, -0.25) is 0 Å². The minimum Gasteiger partial charge on any atom is -0.0826 e. The molecule has 0 aromatic rings. The SMILES string of the molecule is CC(C)[C@H]1CCC[C@@H](I)C1. The van der Waals surface area contributed by atoms with Crippen LogP contribution in [0.3, 0.4) is 0 Å². The van der Waals surface area contributed by atoms with Gasteiger partial charge < -0.3 is 0 Å². The molecule has 0 unspecified atom stereocenters. The fourth-order valence-electron chi connectivity index (χ4n) is 1.77. The summed E-state index contributed by atoms with van der Waals surface area (Å²) in [4.78, 5) is 0. The van der Waals surface area contributed by atoms with Gasteiger partial charge in [-0.05, 0) is 24.7 Å². The quantitative estimate of drug-likeness (QED) is 0.493. The van der Waals surface area contributed by atoms with Crippen LogP contribution in [0.4, 0.5) is 0 Å². The van der Waals surface area contributed by atoms with Gasteiger partial charge in [0.15, 0.2) is 0 Å². The Morgan fingerprint density at radius 1 is 1.30 bits per heavy atom. The molecule has 0 N–H and O–H groups in total. The van der Waals surface area contributed by atoms with Crippen LogP contribution >= 0.6 is 22.6 Å². The minimum absolute atomic E-state index is 0.914. The molecule has 1 aliphatic carbocycles. The van der Waals surface area contributed by atoms with Crippen molar-refractivity contribution in [2.75, 3.05) is 0 Å². The molecule has 0 heterocycles. The third kappa shape index (κ3) is 2.40. The van der Waals surface area contributed by atoms with E-state index in [0.29, 0.717) is 0 Å². The monoisotopic (exact) mass is 252 g/mol. The molecule has 0 bridgehead atoms. The lowest BCUT2D eigenvalue weighted by atomic mass is 9.82. The van der Waals surface area contributed by atoms with Crippen LogP contribution in [-0.4, -0.2) is 3.92 Å². The summed E-state index contributed by atoms with van der Waals surface area (Å²) in [5, 5.41) is 0. The van der Waals surface area contributed by atoms with E-state index in [1.54, 1.807) is 0 Å². The molecule has 60 valence electrons. The largest absolute Gasteiger partial charge is 0.0826 e. The molecule has 1 aliphatic rings. The molecule has 1 fully saturated rings. The Labute approximate surface area is 77.9 Å². The highest BCUT2D eigenvalue weighted by Gasteiger charge is 2.21. The van der Waals surface area contributed by atoms with Gasteiger partial charge in [-0.2, -0.15) is 0 Å².